The Balaban J connectivity index is 1.65. The summed E-state index contributed by atoms with van der Waals surface area (Å²) in [6.07, 6.45) is -0.252. The van der Waals surface area contributed by atoms with Crippen LogP contribution in [0.15, 0.2) is 18.2 Å². The van der Waals surface area contributed by atoms with E-state index < -0.39 is 9.84 Å². The van der Waals surface area contributed by atoms with Crippen LogP contribution in [0.4, 0.5) is 0 Å². The lowest BCUT2D eigenvalue weighted by Crippen LogP contribution is -2.45. The van der Waals surface area contributed by atoms with Crippen LogP contribution in [0.25, 0.3) is 0 Å². The van der Waals surface area contributed by atoms with Gasteiger partial charge in [0.2, 0.25) is 0 Å². The van der Waals surface area contributed by atoms with Crippen molar-refractivity contribution in [1.29, 1.82) is 0 Å². The second kappa shape index (κ2) is 6.44. The summed E-state index contributed by atoms with van der Waals surface area (Å²) in [5.41, 5.74) is 1.17. The second-order valence-electron chi connectivity index (χ2n) is 5.83. The van der Waals surface area contributed by atoms with Gasteiger partial charge in [-0.3, -0.25) is 4.90 Å². The number of rotatable bonds is 5. The number of piperazine rings is 1. The number of nitrogens with one attached hydrogen (secondary N) is 1. The van der Waals surface area contributed by atoms with Crippen LogP contribution in [0, 0.1) is 0 Å². The third kappa shape index (κ3) is 3.71. The Morgan fingerprint density at radius 2 is 1.95 bits per heavy atom. The van der Waals surface area contributed by atoms with Crippen molar-refractivity contribution in [2.24, 2.45) is 0 Å². The largest absolute Gasteiger partial charge is 0.493 e. The second-order valence-corrected chi connectivity index (χ2v) is 7.98. The number of benzene rings is 1. The van der Waals surface area contributed by atoms with E-state index in [1.165, 1.54) is 5.56 Å². The predicted octanol–water partition coefficient (Wildman–Crippen LogP) is 0.276. The van der Waals surface area contributed by atoms with Crippen LogP contribution in [0.5, 0.6) is 11.5 Å². The van der Waals surface area contributed by atoms with Crippen molar-refractivity contribution in [3.63, 3.8) is 0 Å². The van der Waals surface area contributed by atoms with E-state index in [-0.39, 0.29) is 17.6 Å². The van der Waals surface area contributed by atoms with E-state index >= 15 is 0 Å². The highest BCUT2D eigenvalue weighted by molar-refractivity contribution is 7.92. The normalized spacial score (nSPS) is 22.0. The van der Waals surface area contributed by atoms with Crippen LogP contribution in [0.1, 0.15) is 5.56 Å². The van der Waals surface area contributed by atoms with Crippen LogP contribution >= 0.6 is 0 Å². The Labute approximate surface area is 131 Å². The lowest BCUT2D eigenvalue weighted by Gasteiger charge is -2.28. The molecule has 2 fully saturated rings. The van der Waals surface area contributed by atoms with Gasteiger partial charge in [0.15, 0.2) is 21.3 Å². The summed E-state index contributed by atoms with van der Waals surface area (Å²) in [5.74, 6) is 1.47. The number of hydrogen-bond donors (Lipinski definition) is 1. The van der Waals surface area contributed by atoms with E-state index in [0.717, 1.165) is 32.7 Å². The van der Waals surface area contributed by atoms with Crippen molar-refractivity contribution >= 4 is 9.84 Å². The molecule has 7 heteroatoms. The molecule has 2 aliphatic rings. The quantitative estimate of drug-likeness (QED) is 0.838. The summed E-state index contributed by atoms with van der Waals surface area (Å²) in [6, 6.07) is 5.87. The fourth-order valence-electron chi connectivity index (χ4n) is 2.80. The highest BCUT2D eigenvalue weighted by atomic mass is 32.2. The lowest BCUT2D eigenvalue weighted by molar-refractivity contribution is 0.218. The summed E-state index contributed by atoms with van der Waals surface area (Å²) in [6.45, 7) is 5.01. The van der Waals surface area contributed by atoms with Crippen LogP contribution in [0.2, 0.25) is 0 Å². The average Bonchev–Trinajstić information content (AvgIpc) is 2.48. The average molecular weight is 326 g/mol. The maximum absolute atomic E-state index is 11.2. The molecule has 0 amide bonds. The maximum atomic E-state index is 11.2. The smallest absolute Gasteiger partial charge is 0.161 e. The van der Waals surface area contributed by atoms with Gasteiger partial charge < -0.3 is 14.8 Å². The zero-order valence-electron chi connectivity index (χ0n) is 12.7. The molecule has 122 valence electrons. The van der Waals surface area contributed by atoms with Gasteiger partial charge in [-0.05, 0) is 17.7 Å². The number of ether oxygens (including phenoxy) is 2. The van der Waals surface area contributed by atoms with E-state index in [9.17, 15) is 8.42 Å². The first kappa shape index (κ1) is 15.6. The minimum absolute atomic E-state index is 0.0959. The van der Waals surface area contributed by atoms with Crippen LogP contribution in [-0.4, -0.2) is 64.2 Å². The molecule has 0 bridgehead atoms. The van der Waals surface area contributed by atoms with E-state index in [2.05, 4.69) is 10.2 Å². The molecule has 3 rings (SSSR count). The molecule has 0 unspecified atom stereocenters. The molecular weight excluding hydrogens is 304 g/mol. The van der Waals surface area contributed by atoms with Crippen LogP contribution < -0.4 is 14.8 Å². The Kier molecular flexibility index (Phi) is 4.56. The molecule has 0 aliphatic carbocycles. The minimum Gasteiger partial charge on any atom is -0.493 e. The molecule has 2 aliphatic heterocycles. The standard InChI is InChI=1S/C15H22N2O4S/c1-20-15-8-12(9-17-6-4-16-5-7-17)2-3-14(15)21-13-10-22(18,19)11-13/h2-3,8,13,16H,4-7,9-11H2,1H3. The van der Waals surface area contributed by atoms with Gasteiger partial charge in [0, 0.05) is 32.7 Å². The third-order valence-corrected chi connectivity index (χ3v) is 5.78. The van der Waals surface area contributed by atoms with Crippen molar-refractivity contribution in [3.05, 3.63) is 23.8 Å². The van der Waals surface area contributed by atoms with E-state index in [1.807, 2.05) is 18.2 Å². The SMILES string of the molecule is COc1cc(CN2CCNCC2)ccc1OC1CS(=O)(=O)C1. The molecule has 0 aromatic heterocycles. The molecule has 2 heterocycles. The topological polar surface area (TPSA) is 67.9 Å². The Bertz CT molecular complexity index is 614. The molecule has 0 radical (unpaired) electrons. The van der Waals surface area contributed by atoms with E-state index in [4.69, 9.17) is 9.47 Å². The van der Waals surface area contributed by atoms with E-state index in [0.29, 0.717) is 11.5 Å². The molecule has 0 saturated carbocycles. The first-order valence-corrected chi connectivity index (χ1v) is 9.35. The van der Waals surface area contributed by atoms with Gasteiger partial charge in [0.05, 0.1) is 18.6 Å². The monoisotopic (exact) mass is 326 g/mol. The summed E-state index contributed by atoms with van der Waals surface area (Å²) >= 11 is 0. The molecule has 1 N–H and O–H groups in total. The fourth-order valence-corrected chi connectivity index (χ4v) is 3.97. The number of nitrogens with zero attached hydrogens (tertiary/aromatic N) is 1. The van der Waals surface area contributed by atoms with E-state index in [1.54, 1.807) is 7.11 Å². The minimum atomic E-state index is -2.88. The van der Waals surface area contributed by atoms with Gasteiger partial charge in [-0.15, -0.1) is 0 Å². The lowest BCUT2D eigenvalue weighted by atomic mass is 10.1. The molecule has 0 spiro atoms. The number of sulfone groups is 1. The van der Waals surface area contributed by atoms with Gasteiger partial charge in [0.25, 0.3) is 0 Å². The van der Waals surface area contributed by atoms with Crippen molar-refractivity contribution in [1.82, 2.24) is 10.2 Å². The molecule has 2 saturated heterocycles. The van der Waals surface area contributed by atoms with Gasteiger partial charge in [-0.1, -0.05) is 6.07 Å². The van der Waals surface area contributed by atoms with Crippen LogP contribution in [0.3, 0.4) is 0 Å². The maximum Gasteiger partial charge on any atom is 0.161 e. The van der Waals surface area contributed by atoms with Gasteiger partial charge in [-0.25, -0.2) is 8.42 Å². The van der Waals surface area contributed by atoms with Gasteiger partial charge in [-0.2, -0.15) is 0 Å². The summed E-state index contributed by atoms with van der Waals surface area (Å²) < 4.78 is 33.5. The molecule has 22 heavy (non-hydrogen) atoms. The molecule has 0 atom stereocenters. The summed E-state index contributed by atoms with van der Waals surface area (Å²) in [7, 11) is -1.27. The first-order chi connectivity index (χ1) is 10.6. The van der Waals surface area contributed by atoms with Gasteiger partial charge in [0.1, 0.15) is 6.10 Å². The van der Waals surface area contributed by atoms with Crippen LogP contribution in [-0.2, 0) is 16.4 Å². The molecule has 6 nitrogen and oxygen atoms in total. The number of hydrogen-bond acceptors (Lipinski definition) is 6. The molecule has 1 aromatic rings. The number of methoxy groups -OCH3 is 1. The summed E-state index contributed by atoms with van der Waals surface area (Å²) in [5, 5.41) is 3.34. The first-order valence-electron chi connectivity index (χ1n) is 7.53. The van der Waals surface area contributed by atoms with Crippen molar-refractivity contribution in [3.8, 4) is 11.5 Å². The highest BCUT2D eigenvalue weighted by Gasteiger charge is 2.35. The molecular formula is C15H22N2O4S. The van der Waals surface area contributed by atoms with Gasteiger partial charge >= 0.3 is 0 Å². The highest BCUT2D eigenvalue weighted by Crippen LogP contribution is 2.31. The zero-order chi connectivity index (χ0) is 15.6. The summed E-state index contributed by atoms with van der Waals surface area (Å²) in [4.78, 5) is 2.39. The Hall–Kier alpha value is -1.31. The zero-order valence-corrected chi connectivity index (χ0v) is 13.6. The van der Waals surface area contributed by atoms with Crippen molar-refractivity contribution in [2.75, 3.05) is 44.8 Å². The molecule has 1 aromatic carbocycles. The fraction of sp³-hybridized carbons (Fsp3) is 0.600. The van der Waals surface area contributed by atoms with Crippen molar-refractivity contribution < 1.29 is 17.9 Å². The predicted molar refractivity (Wildman–Crippen MR) is 84.2 cm³/mol. The Morgan fingerprint density at radius 1 is 1.23 bits per heavy atom. The third-order valence-electron chi connectivity index (χ3n) is 4.02. The Morgan fingerprint density at radius 3 is 2.59 bits per heavy atom. The van der Waals surface area contributed by atoms with Crippen molar-refractivity contribution in [2.45, 2.75) is 12.6 Å².